The molecule has 3 heteroatoms. The van der Waals surface area contributed by atoms with Crippen molar-refractivity contribution in [2.24, 2.45) is 5.92 Å². The SMILES string of the molecule is CNC(C)(C)C(=O)NC1CCCC(C)CC1. The Bertz CT molecular complexity index is 238. The molecule has 2 atom stereocenters. The van der Waals surface area contributed by atoms with Crippen LogP contribution in [0, 0.1) is 5.92 Å². The molecule has 0 radical (unpaired) electrons. The molecule has 0 aromatic rings. The molecule has 0 saturated heterocycles. The van der Waals surface area contributed by atoms with Crippen LogP contribution in [0.2, 0.25) is 0 Å². The van der Waals surface area contributed by atoms with Crippen LogP contribution in [-0.2, 0) is 4.79 Å². The van der Waals surface area contributed by atoms with Gasteiger partial charge in [0.05, 0.1) is 5.54 Å². The van der Waals surface area contributed by atoms with Gasteiger partial charge in [-0.3, -0.25) is 4.79 Å². The first kappa shape index (κ1) is 13.5. The molecule has 0 aliphatic heterocycles. The van der Waals surface area contributed by atoms with Crippen LogP contribution in [0.25, 0.3) is 0 Å². The molecule has 1 rings (SSSR count). The number of rotatable bonds is 3. The number of carbonyl (C=O) groups is 1. The van der Waals surface area contributed by atoms with Gasteiger partial charge in [-0.05, 0) is 46.1 Å². The Labute approximate surface area is 99.4 Å². The summed E-state index contributed by atoms with van der Waals surface area (Å²) in [5.41, 5.74) is -0.460. The first-order valence-electron chi connectivity index (χ1n) is 6.45. The van der Waals surface area contributed by atoms with E-state index in [9.17, 15) is 4.79 Å². The van der Waals surface area contributed by atoms with Crippen molar-refractivity contribution >= 4 is 5.91 Å². The summed E-state index contributed by atoms with van der Waals surface area (Å²) >= 11 is 0. The molecule has 1 aliphatic carbocycles. The van der Waals surface area contributed by atoms with E-state index in [0.717, 1.165) is 18.8 Å². The van der Waals surface area contributed by atoms with Gasteiger partial charge in [0.1, 0.15) is 0 Å². The fourth-order valence-corrected chi connectivity index (χ4v) is 2.11. The minimum Gasteiger partial charge on any atom is -0.352 e. The Morgan fingerprint density at radius 3 is 2.50 bits per heavy atom. The first-order chi connectivity index (χ1) is 7.45. The van der Waals surface area contributed by atoms with E-state index in [1.165, 1.54) is 19.3 Å². The molecular formula is C13H26N2O. The van der Waals surface area contributed by atoms with Gasteiger partial charge in [0.15, 0.2) is 0 Å². The largest absolute Gasteiger partial charge is 0.352 e. The molecule has 1 amide bonds. The van der Waals surface area contributed by atoms with E-state index in [0.29, 0.717) is 6.04 Å². The monoisotopic (exact) mass is 226 g/mol. The van der Waals surface area contributed by atoms with E-state index in [1.807, 2.05) is 20.9 Å². The summed E-state index contributed by atoms with van der Waals surface area (Å²) in [7, 11) is 1.83. The van der Waals surface area contributed by atoms with Crippen molar-refractivity contribution in [2.45, 2.75) is 64.5 Å². The molecule has 1 aliphatic rings. The number of carbonyl (C=O) groups excluding carboxylic acids is 1. The van der Waals surface area contributed by atoms with Gasteiger partial charge < -0.3 is 10.6 Å². The van der Waals surface area contributed by atoms with Crippen LogP contribution < -0.4 is 10.6 Å². The molecule has 0 bridgehead atoms. The number of hydrogen-bond donors (Lipinski definition) is 2. The topological polar surface area (TPSA) is 41.1 Å². The Morgan fingerprint density at radius 2 is 1.88 bits per heavy atom. The highest BCUT2D eigenvalue weighted by molar-refractivity contribution is 5.85. The van der Waals surface area contributed by atoms with Gasteiger partial charge in [-0.1, -0.05) is 19.8 Å². The lowest BCUT2D eigenvalue weighted by atomic mass is 10.0. The second kappa shape index (κ2) is 5.67. The maximum absolute atomic E-state index is 12.0. The second-order valence-corrected chi connectivity index (χ2v) is 5.66. The van der Waals surface area contributed by atoms with Gasteiger partial charge in [0.25, 0.3) is 0 Å². The van der Waals surface area contributed by atoms with Crippen LogP contribution in [-0.4, -0.2) is 24.5 Å². The van der Waals surface area contributed by atoms with Gasteiger partial charge in [-0.25, -0.2) is 0 Å². The highest BCUT2D eigenvalue weighted by Crippen LogP contribution is 2.22. The van der Waals surface area contributed by atoms with Gasteiger partial charge in [0, 0.05) is 6.04 Å². The molecule has 0 heterocycles. The maximum atomic E-state index is 12.0. The molecular weight excluding hydrogens is 200 g/mol. The van der Waals surface area contributed by atoms with Crippen molar-refractivity contribution in [3.05, 3.63) is 0 Å². The number of amides is 1. The molecule has 1 fully saturated rings. The first-order valence-corrected chi connectivity index (χ1v) is 6.45. The Morgan fingerprint density at radius 1 is 1.19 bits per heavy atom. The average Bonchev–Trinajstić information content (AvgIpc) is 2.44. The quantitative estimate of drug-likeness (QED) is 0.723. The molecule has 94 valence electrons. The summed E-state index contributed by atoms with van der Waals surface area (Å²) in [6.45, 7) is 6.14. The second-order valence-electron chi connectivity index (χ2n) is 5.66. The Balaban J connectivity index is 2.44. The van der Waals surface area contributed by atoms with Crippen molar-refractivity contribution in [3.8, 4) is 0 Å². The minimum atomic E-state index is -0.460. The van der Waals surface area contributed by atoms with Crippen LogP contribution in [0.5, 0.6) is 0 Å². The van der Waals surface area contributed by atoms with Gasteiger partial charge in [0.2, 0.25) is 5.91 Å². The van der Waals surface area contributed by atoms with E-state index in [1.54, 1.807) is 0 Å². The molecule has 0 spiro atoms. The lowest BCUT2D eigenvalue weighted by molar-refractivity contribution is -0.127. The normalized spacial score (nSPS) is 27.2. The van der Waals surface area contributed by atoms with Gasteiger partial charge in [-0.2, -0.15) is 0 Å². The Kier molecular flexibility index (Phi) is 4.78. The molecule has 16 heavy (non-hydrogen) atoms. The summed E-state index contributed by atoms with van der Waals surface area (Å²) in [5.74, 6) is 0.939. The summed E-state index contributed by atoms with van der Waals surface area (Å²) in [4.78, 5) is 12.0. The molecule has 2 unspecified atom stereocenters. The number of hydrogen-bond acceptors (Lipinski definition) is 2. The van der Waals surface area contributed by atoms with E-state index < -0.39 is 5.54 Å². The lowest BCUT2D eigenvalue weighted by Crippen LogP contribution is -2.53. The smallest absolute Gasteiger partial charge is 0.239 e. The van der Waals surface area contributed by atoms with Crippen molar-refractivity contribution in [2.75, 3.05) is 7.05 Å². The predicted molar refractivity (Wildman–Crippen MR) is 67.3 cm³/mol. The van der Waals surface area contributed by atoms with Crippen molar-refractivity contribution in [3.63, 3.8) is 0 Å². The van der Waals surface area contributed by atoms with Gasteiger partial charge >= 0.3 is 0 Å². The highest BCUT2D eigenvalue weighted by Gasteiger charge is 2.27. The van der Waals surface area contributed by atoms with Crippen molar-refractivity contribution in [1.29, 1.82) is 0 Å². The lowest BCUT2D eigenvalue weighted by Gasteiger charge is -2.26. The third-order valence-electron chi connectivity index (χ3n) is 3.79. The van der Waals surface area contributed by atoms with E-state index in [2.05, 4.69) is 17.6 Å². The third-order valence-corrected chi connectivity index (χ3v) is 3.79. The van der Waals surface area contributed by atoms with E-state index >= 15 is 0 Å². The zero-order valence-electron chi connectivity index (χ0n) is 11.1. The minimum absolute atomic E-state index is 0.120. The molecule has 0 aromatic carbocycles. The highest BCUT2D eigenvalue weighted by atomic mass is 16.2. The zero-order valence-corrected chi connectivity index (χ0v) is 11.1. The van der Waals surface area contributed by atoms with E-state index in [-0.39, 0.29) is 5.91 Å². The fourth-order valence-electron chi connectivity index (χ4n) is 2.11. The molecule has 3 nitrogen and oxygen atoms in total. The summed E-state index contributed by atoms with van der Waals surface area (Å²) in [6, 6.07) is 0.380. The van der Waals surface area contributed by atoms with Crippen LogP contribution in [0.4, 0.5) is 0 Å². The fraction of sp³-hybridized carbons (Fsp3) is 0.923. The summed E-state index contributed by atoms with van der Waals surface area (Å²) < 4.78 is 0. The maximum Gasteiger partial charge on any atom is 0.239 e. The average molecular weight is 226 g/mol. The Hall–Kier alpha value is -0.570. The van der Waals surface area contributed by atoms with Crippen LogP contribution in [0.1, 0.15) is 52.9 Å². The summed E-state index contributed by atoms with van der Waals surface area (Å²) in [6.07, 6.45) is 6.06. The predicted octanol–water partition coefficient (Wildman–Crippen LogP) is 2.07. The van der Waals surface area contributed by atoms with E-state index in [4.69, 9.17) is 0 Å². The summed E-state index contributed by atoms with van der Waals surface area (Å²) in [5, 5.41) is 6.21. The number of likely N-dealkylation sites (N-methyl/N-ethyl adjacent to an activating group) is 1. The molecule has 1 saturated carbocycles. The van der Waals surface area contributed by atoms with Crippen LogP contribution in [0.3, 0.4) is 0 Å². The van der Waals surface area contributed by atoms with Gasteiger partial charge in [-0.15, -0.1) is 0 Å². The molecule has 0 aromatic heterocycles. The third kappa shape index (κ3) is 3.78. The zero-order chi connectivity index (χ0) is 12.2. The standard InChI is InChI=1S/C13H26N2O/c1-10-6-5-7-11(9-8-10)15-12(16)13(2,3)14-4/h10-11,14H,5-9H2,1-4H3,(H,15,16). The molecule has 2 N–H and O–H groups in total. The van der Waals surface area contributed by atoms with Crippen LogP contribution in [0.15, 0.2) is 0 Å². The van der Waals surface area contributed by atoms with Crippen molar-refractivity contribution < 1.29 is 4.79 Å². The van der Waals surface area contributed by atoms with Crippen molar-refractivity contribution in [1.82, 2.24) is 10.6 Å². The van der Waals surface area contributed by atoms with Crippen LogP contribution >= 0.6 is 0 Å². The number of nitrogens with one attached hydrogen (secondary N) is 2.